The minimum Gasteiger partial charge on any atom is -0.243 e. The van der Waals surface area contributed by atoms with E-state index in [1.807, 2.05) is 0 Å². The number of rotatable bonds is 2. The summed E-state index contributed by atoms with van der Waals surface area (Å²) < 4.78 is 44.6. The van der Waals surface area contributed by atoms with Crippen LogP contribution in [0.3, 0.4) is 0 Å². The van der Waals surface area contributed by atoms with Crippen molar-refractivity contribution in [3.05, 3.63) is 24.4 Å². The van der Waals surface area contributed by atoms with Crippen molar-refractivity contribution < 1.29 is 16.8 Å². The number of nitrogens with zero attached hydrogens (tertiary/aromatic N) is 2. The van der Waals surface area contributed by atoms with Gasteiger partial charge in [0.2, 0.25) is 0 Å². The van der Waals surface area contributed by atoms with Crippen molar-refractivity contribution in [3.63, 3.8) is 0 Å². The molecule has 0 amide bonds. The van der Waals surface area contributed by atoms with E-state index in [0.717, 1.165) is 6.07 Å². The highest BCUT2D eigenvalue weighted by Crippen LogP contribution is 2.06. The number of sulfonamides is 1. The molecular weight excluding hydrogens is 216 g/mol. The second-order valence-corrected chi connectivity index (χ2v) is 4.33. The molecule has 0 N–H and O–H groups in total. The molecule has 0 saturated carbocycles. The predicted octanol–water partition coefficient (Wildman–Crippen LogP) is -0.167. The van der Waals surface area contributed by atoms with Crippen LogP contribution in [0.25, 0.3) is 0 Å². The van der Waals surface area contributed by atoms with E-state index in [1.165, 1.54) is 18.3 Å². The summed E-state index contributed by atoms with van der Waals surface area (Å²) in [7, 11) is -7.15. The van der Waals surface area contributed by atoms with Crippen molar-refractivity contribution in [2.75, 3.05) is 0 Å². The molecule has 6 nitrogen and oxygen atoms in total. The second kappa shape index (κ2) is 3.62. The summed E-state index contributed by atoms with van der Waals surface area (Å²) in [6.07, 6.45) is 1.23. The van der Waals surface area contributed by atoms with Crippen molar-refractivity contribution >= 4 is 20.5 Å². The molecule has 1 aromatic rings. The molecule has 1 aromatic heterocycles. The molecule has 1 rings (SSSR count). The first-order valence-corrected chi connectivity index (χ1v) is 5.48. The normalized spacial score (nSPS) is 10.8. The summed E-state index contributed by atoms with van der Waals surface area (Å²) in [6.45, 7) is 0. The first kappa shape index (κ1) is 9.81. The molecule has 1 heterocycles. The molecule has 0 atom stereocenters. The van der Waals surface area contributed by atoms with Gasteiger partial charge in [0.15, 0.2) is 5.03 Å². The Kier molecular flexibility index (Phi) is 2.73. The van der Waals surface area contributed by atoms with Crippen molar-refractivity contribution in [1.29, 1.82) is 0 Å². The molecule has 13 heavy (non-hydrogen) atoms. The average molecular weight is 220 g/mol. The quantitative estimate of drug-likeness (QED) is 0.689. The lowest BCUT2D eigenvalue weighted by Crippen LogP contribution is -1.98. The van der Waals surface area contributed by atoms with Crippen LogP contribution in [0, 0.1) is 0 Å². The fourth-order valence-corrected chi connectivity index (χ4v) is 2.01. The molecule has 0 aliphatic rings. The smallest absolute Gasteiger partial charge is 0.243 e. The zero-order valence-corrected chi connectivity index (χ0v) is 7.79. The Morgan fingerprint density at radius 1 is 1.31 bits per heavy atom. The molecule has 0 aliphatic heterocycles. The maximum Gasteiger partial charge on any atom is 0.327 e. The highest BCUT2D eigenvalue weighted by Gasteiger charge is 2.13. The molecule has 0 aliphatic carbocycles. The van der Waals surface area contributed by atoms with E-state index >= 15 is 0 Å². The third-order valence-corrected chi connectivity index (χ3v) is 3.10. The zero-order chi connectivity index (χ0) is 9.90. The Labute approximate surface area is 76.0 Å². The van der Waals surface area contributed by atoms with Gasteiger partial charge >= 0.3 is 20.5 Å². The predicted molar refractivity (Wildman–Crippen MR) is 42.8 cm³/mol. The maximum absolute atomic E-state index is 11.0. The lowest BCUT2D eigenvalue weighted by Gasteiger charge is -1.91. The zero-order valence-electron chi connectivity index (χ0n) is 6.15. The van der Waals surface area contributed by atoms with Gasteiger partial charge in [0.25, 0.3) is 0 Å². The minimum atomic E-state index is -4.16. The average Bonchev–Trinajstić information content (AvgIpc) is 2.04. The Bertz CT molecular complexity index is 509. The summed E-state index contributed by atoms with van der Waals surface area (Å²) in [4.78, 5) is 3.45. The van der Waals surface area contributed by atoms with E-state index in [-0.39, 0.29) is 5.03 Å². The van der Waals surface area contributed by atoms with E-state index in [4.69, 9.17) is 0 Å². The minimum absolute atomic E-state index is 0.390. The number of pyridine rings is 1. The van der Waals surface area contributed by atoms with Crippen LogP contribution in [0.5, 0.6) is 0 Å². The van der Waals surface area contributed by atoms with Gasteiger partial charge in [-0.05, 0) is 15.9 Å². The largest absolute Gasteiger partial charge is 0.327 e. The van der Waals surface area contributed by atoms with Crippen molar-refractivity contribution in [3.8, 4) is 0 Å². The van der Waals surface area contributed by atoms with Gasteiger partial charge in [-0.3, -0.25) is 0 Å². The SMILES string of the molecule is O=S(=O)=NS(=O)(=O)c1ccccn1. The lowest BCUT2D eigenvalue weighted by atomic mass is 10.5. The van der Waals surface area contributed by atoms with Crippen LogP contribution in [0.2, 0.25) is 0 Å². The Morgan fingerprint density at radius 2 is 2.00 bits per heavy atom. The number of hydrogen-bond donors (Lipinski definition) is 0. The van der Waals surface area contributed by atoms with Crippen molar-refractivity contribution in [2.24, 2.45) is 3.77 Å². The molecule has 0 unspecified atom stereocenters. The molecule has 8 heteroatoms. The van der Waals surface area contributed by atoms with E-state index in [9.17, 15) is 16.8 Å². The summed E-state index contributed by atoms with van der Waals surface area (Å²) >= 11 is 0. The maximum atomic E-state index is 11.0. The van der Waals surface area contributed by atoms with E-state index in [0.29, 0.717) is 0 Å². The lowest BCUT2D eigenvalue weighted by molar-refractivity contribution is 0.592. The molecule has 0 radical (unpaired) electrons. The Balaban J connectivity index is 3.34. The van der Waals surface area contributed by atoms with Gasteiger partial charge < -0.3 is 0 Å². The van der Waals surface area contributed by atoms with Gasteiger partial charge in [-0.2, -0.15) is 16.8 Å². The van der Waals surface area contributed by atoms with Crippen LogP contribution >= 0.6 is 0 Å². The molecule has 0 fully saturated rings. The topological polar surface area (TPSA) is 93.5 Å². The second-order valence-electron chi connectivity index (χ2n) is 1.93. The van der Waals surface area contributed by atoms with Crippen LogP contribution in [0.15, 0.2) is 33.2 Å². The van der Waals surface area contributed by atoms with Crippen molar-refractivity contribution in [1.82, 2.24) is 4.98 Å². The number of hydrogen-bond acceptors (Lipinski definition) is 5. The monoisotopic (exact) mass is 220 g/mol. The van der Waals surface area contributed by atoms with Crippen molar-refractivity contribution in [2.45, 2.75) is 5.03 Å². The summed E-state index contributed by atoms with van der Waals surface area (Å²) in [6, 6.07) is 4.09. The molecular formula is C5H4N2O4S2. The molecule has 0 bridgehead atoms. The number of aromatic nitrogens is 1. The van der Waals surface area contributed by atoms with E-state index in [1.54, 1.807) is 0 Å². The molecule has 0 aromatic carbocycles. The van der Waals surface area contributed by atoms with Crippen LogP contribution < -0.4 is 0 Å². The Hall–Kier alpha value is -1.28. The van der Waals surface area contributed by atoms with E-state index in [2.05, 4.69) is 8.75 Å². The highest BCUT2D eigenvalue weighted by molar-refractivity contribution is 7.94. The highest BCUT2D eigenvalue weighted by atomic mass is 32.2. The first-order chi connectivity index (χ1) is 6.02. The summed E-state index contributed by atoms with van der Waals surface area (Å²) in [5.41, 5.74) is 0. The van der Waals surface area contributed by atoms with Gasteiger partial charge in [0.1, 0.15) is 0 Å². The first-order valence-electron chi connectivity index (χ1n) is 3.01. The van der Waals surface area contributed by atoms with Crippen LogP contribution in [0.4, 0.5) is 0 Å². The fourth-order valence-electron chi connectivity index (χ4n) is 0.618. The van der Waals surface area contributed by atoms with Gasteiger partial charge in [0, 0.05) is 6.20 Å². The standard InChI is InChI=1S/C5H4N2O4S2/c8-12(9)7-13(10,11)5-3-1-2-4-6-5/h1-4H. The van der Waals surface area contributed by atoms with Gasteiger partial charge in [0.05, 0.1) is 0 Å². The van der Waals surface area contributed by atoms with Crippen LogP contribution in [-0.4, -0.2) is 21.8 Å². The third-order valence-electron chi connectivity index (χ3n) is 1.06. The van der Waals surface area contributed by atoms with Gasteiger partial charge in [-0.1, -0.05) is 6.07 Å². The van der Waals surface area contributed by atoms with Gasteiger partial charge in [-0.15, -0.1) is 0 Å². The molecule has 0 saturated heterocycles. The van der Waals surface area contributed by atoms with Crippen LogP contribution in [0.1, 0.15) is 0 Å². The fraction of sp³-hybridized carbons (Fsp3) is 0. The summed E-state index contributed by atoms with van der Waals surface area (Å²) in [5, 5.41) is -0.390. The summed E-state index contributed by atoms with van der Waals surface area (Å²) in [5.74, 6) is 0. The molecule has 0 spiro atoms. The van der Waals surface area contributed by atoms with Crippen LogP contribution in [-0.2, 0) is 20.5 Å². The third kappa shape index (κ3) is 2.60. The van der Waals surface area contributed by atoms with E-state index < -0.39 is 20.5 Å². The van der Waals surface area contributed by atoms with Gasteiger partial charge in [-0.25, -0.2) is 4.98 Å². The Morgan fingerprint density at radius 3 is 2.46 bits per heavy atom. The molecule has 70 valence electrons.